The molecule has 0 aliphatic rings. The lowest BCUT2D eigenvalue weighted by molar-refractivity contribution is -0.117. The lowest BCUT2D eigenvalue weighted by Crippen LogP contribution is -1.93. The second-order valence-electron chi connectivity index (χ2n) is 4.60. The van der Waals surface area contributed by atoms with Crippen molar-refractivity contribution in [2.45, 2.75) is 33.1 Å². The van der Waals surface area contributed by atoms with Gasteiger partial charge in [0.05, 0.1) is 11.0 Å². The topological polar surface area (TPSA) is 34.9 Å². The molecule has 0 saturated heterocycles. The van der Waals surface area contributed by atoms with Crippen molar-refractivity contribution in [3.05, 3.63) is 29.6 Å². The third-order valence-corrected chi connectivity index (χ3v) is 3.16. The maximum atomic E-state index is 10.9. The van der Waals surface area contributed by atoms with Gasteiger partial charge >= 0.3 is 0 Å². The summed E-state index contributed by atoms with van der Waals surface area (Å²) in [5.74, 6) is 1.29. The molecule has 0 amide bonds. The van der Waals surface area contributed by atoms with Gasteiger partial charge in [-0.25, -0.2) is 4.98 Å². The number of rotatable bonds is 4. The van der Waals surface area contributed by atoms with Gasteiger partial charge in [-0.05, 0) is 44.4 Å². The van der Waals surface area contributed by atoms with Crippen molar-refractivity contribution in [3.63, 3.8) is 0 Å². The SMILES string of the molecule is CC(=O)CCCc1ccc2c(c1)nc(C)n2C. The molecule has 2 aromatic rings. The Morgan fingerprint density at radius 3 is 2.88 bits per heavy atom. The zero-order chi connectivity index (χ0) is 12.4. The monoisotopic (exact) mass is 230 g/mol. The highest BCUT2D eigenvalue weighted by Crippen LogP contribution is 2.17. The molecule has 90 valence electrons. The highest BCUT2D eigenvalue weighted by Gasteiger charge is 2.04. The van der Waals surface area contributed by atoms with E-state index in [1.807, 2.05) is 14.0 Å². The molecular formula is C14H18N2O. The summed E-state index contributed by atoms with van der Waals surface area (Å²) in [5, 5.41) is 0. The van der Waals surface area contributed by atoms with Crippen LogP contribution in [0.1, 0.15) is 31.2 Å². The summed E-state index contributed by atoms with van der Waals surface area (Å²) >= 11 is 0. The third kappa shape index (κ3) is 2.54. The molecule has 0 radical (unpaired) electrons. The molecule has 0 fully saturated rings. The number of fused-ring (bicyclic) bond motifs is 1. The molecule has 0 unspecified atom stereocenters. The number of benzene rings is 1. The molecule has 1 aromatic heterocycles. The molecule has 0 N–H and O–H groups in total. The Balaban J connectivity index is 2.17. The van der Waals surface area contributed by atoms with E-state index in [1.54, 1.807) is 6.92 Å². The summed E-state index contributed by atoms with van der Waals surface area (Å²) in [6.45, 7) is 3.65. The van der Waals surface area contributed by atoms with E-state index >= 15 is 0 Å². The summed E-state index contributed by atoms with van der Waals surface area (Å²) in [6.07, 6.45) is 2.54. The van der Waals surface area contributed by atoms with Gasteiger partial charge in [0.2, 0.25) is 0 Å². The van der Waals surface area contributed by atoms with E-state index in [2.05, 4.69) is 27.8 Å². The predicted molar refractivity (Wildman–Crippen MR) is 69.1 cm³/mol. The summed E-state index contributed by atoms with van der Waals surface area (Å²) in [7, 11) is 2.03. The van der Waals surface area contributed by atoms with Crippen LogP contribution in [0.25, 0.3) is 11.0 Å². The largest absolute Gasteiger partial charge is 0.331 e. The Morgan fingerprint density at radius 2 is 2.18 bits per heavy atom. The maximum Gasteiger partial charge on any atom is 0.129 e. The van der Waals surface area contributed by atoms with Gasteiger partial charge in [-0.3, -0.25) is 0 Å². The number of hydrogen-bond donors (Lipinski definition) is 0. The van der Waals surface area contributed by atoms with Crippen LogP contribution in [0.5, 0.6) is 0 Å². The minimum absolute atomic E-state index is 0.264. The number of ketones is 1. The van der Waals surface area contributed by atoms with Crippen molar-refractivity contribution < 1.29 is 4.79 Å². The molecule has 2 rings (SSSR count). The quantitative estimate of drug-likeness (QED) is 0.809. The molecule has 0 spiro atoms. The molecule has 1 aromatic carbocycles. The normalized spacial score (nSPS) is 11.0. The number of aryl methyl sites for hydroxylation is 3. The van der Waals surface area contributed by atoms with E-state index in [4.69, 9.17) is 0 Å². The molecule has 0 saturated carbocycles. The molecule has 3 nitrogen and oxygen atoms in total. The molecule has 1 heterocycles. The van der Waals surface area contributed by atoms with Crippen molar-refractivity contribution in [3.8, 4) is 0 Å². The Kier molecular flexibility index (Phi) is 3.27. The van der Waals surface area contributed by atoms with Crippen LogP contribution < -0.4 is 0 Å². The number of nitrogens with zero attached hydrogens (tertiary/aromatic N) is 2. The highest BCUT2D eigenvalue weighted by molar-refractivity contribution is 5.77. The first-order valence-electron chi connectivity index (χ1n) is 5.99. The van der Waals surface area contributed by atoms with Crippen LogP contribution in [-0.4, -0.2) is 15.3 Å². The van der Waals surface area contributed by atoms with Crippen molar-refractivity contribution in [1.82, 2.24) is 9.55 Å². The van der Waals surface area contributed by atoms with Crippen molar-refractivity contribution in [1.29, 1.82) is 0 Å². The van der Waals surface area contributed by atoms with Crippen molar-refractivity contribution in [2.75, 3.05) is 0 Å². The molecule has 0 aliphatic heterocycles. The Hall–Kier alpha value is -1.64. The zero-order valence-electron chi connectivity index (χ0n) is 10.7. The summed E-state index contributed by atoms with van der Waals surface area (Å²) in [6, 6.07) is 6.37. The molecule has 0 bridgehead atoms. The van der Waals surface area contributed by atoms with Crippen molar-refractivity contribution in [2.24, 2.45) is 7.05 Å². The molecule has 0 atom stereocenters. The Bertz CT molecular complexity index is 555. The van der Waals surface area contributed by atoms with Gasteiger partial charge < -0.3 is 9.36 Å². The summed E-state index contributed by atoms with van der Waals surface area (Å²) < 4.78 is 2.09. The molecule has 3 heteroatoms. The van der Waals surface area contributed by atoms with E-state index < -0.39 is 0 Å². The third-order valence-electron chi connectivity index (χ3n) is 3.16. The van der Waals surface area contributed by atoms with Gasteiger partial charge in [0.1, 0.15) is 11.6 Å². The van der Waals surface area contributed by atoms with Gasteiger partial charge in [-0.15, -0.1) is 0 Å². The smallest absolute Gasteiger partial charge is 0.129 e. The van der Waals surface area contributed by atoms with E-state index in [9.17, 15) is 4.79 Å². The van der Waals surface area contributed by atoms with Gasteiger partial charge in [-0.1, -0.05) is 6.07 Å². The Labute approximate surface area is 101 Å². The number of aromatic nitrogens is 2. The first kappa shape index (κ1) is 11.8. The van der Waals surface area contributed by atoms with Crippen molar-refractivity contribution >= 4 is 16.8 Å². The average molecular weight is 230 g/mol. The van der Waals surface area contributed by atoms with E-state index in [1.165, 1.54) is 5.56 Å². The lowest BCUT2D eigenvalue weighted by atomic mass is 10.1. The number of Topliss-reactive ketones (excluding diaryl/α,β-unsaturated/α-hetero) is 1. The van der Waals surface area contributed by atoms with Gasteiger partial charge in [0.15, 0.2) is 0 Å². The maximum absolute atomic E-state index is 10.9. The van der Waals surface area contributed by atoms with E-state index in [0.717, 1.165) is 29.7 Å². The summed E-state index contributed by atoms with van der Waals surface area (Å²) in [5.41, 5.74) is 3.47. The summed E-state index contributed by atoms with van der Waals surface area (Å²) in [4.78, 5) is 15.4. The number of carbonyl (C=O) groups excluding carboxylic acids is 1. The van der Waals surface area contributed by atoms with Crippen LogP contribution in [0.2, 0.25) is 0 Å². The minimum atomic E-state index is 0.264. The van der Waals surface area contributed by atoms with E-state index in [0.29, 0.717) is 6.42 Å². The standard InChI is InChI=1S/C14H18N2O/c1-10(17)5-4-6-12-7-8-14-13(9-12)15-11(2)16(14)3/h7-9H,4-6H2,1-3H3. The first-order chi connectivity index (χ1) is 8.08. The van der Waals surface area contributed by atoms with Crippen LogP contribution in [-0.2, 0) is 18.3 Å². The number of carbonyl (C=O) groups is 1. The van der Waals surface area contributed by atoms with Gasteiger partial charge in [-0.2, -0.15) is 0 Å². The average Bonchev–Trinajstić information content (AvgIpc) is 2.54. The second kappa shape index (κ2) is 4.70. The van der Waals surface area contributed by atoms with Crippen LogP contribution in [0.4, 0.5) is 0 Å². The zero-order valence-corrected chi connectivity index (χ0v) is 10.7. The number of hydrogen-bond acceptors (Lipinski definition) is 2. The van der Waals surface area contributed by atoms with Gasteiger partial charge in [0.25, 0.3) is 0 Å². The molecule has 0 aliphatic carbocycles. The fourth-order valence-corrected chi connectivity index (χ4v) is 2.06. The fraction of sp³-hybridized carbons (Fsp3) is 0.429. The van der Waals surface area contributed by atoms with Crippen LogP contribution >= 0.6 is 0 Å². The van der Waals surface area contributed by atoms with Crippen LogP contribution in [0.15, 0.2) is 18.2 Å². The first-order valence-corrected chi connectivity index (χ1v) is 5.99. The van der Waals surface area contributed by atoms with Crippen LogP contribution in [0.3, 0.4) is 0 Å². The predicted octanol–water partition coefficient (Wildman–Crippen LogP) is 2.79. The van der Waals surface area contributed by atoms with E-state index in [-0.39, 0.29) is 5.78 Å². The Morgan fingerprint density at radius 1 is 1.41 bits per heavy atom. The lowest BCUT2D eigenvalue weighted by Gasteiger charge is -2.01. The minimum Gasteiger partial charge on any atom is -0.331 e. The van der Waals surface area contributed by atoms with Gasteiger partial charge in [0, 0.05) is 13.5 Å². The molecular weight excluding hydrogens is 212 g/mol. The number of imidazole rings is 1. The van der Waals surface area contributed by atoms with Crippen LogP contribution in [0, 0.1) is 6.92 Å². The highest BCUT2D eigenvalue weighted by atomic mass is 16.1. The molecule has 17 heavy (non-hydrogen) atoms. The second-order valence-corrected chi connectivity index (χ2v) is 4.60. The fourth-order valence-electron chi connectivity index (χ4n) is 2.06.